The van der Waals surface area contributed by atoms with Gasteiger partial charge in [-0.15, -0.1) is 12.4 Å². The molecule has 0 aromatic heterocycles. The maximum Gasteiger partial charge on any atom is 0.255 e. The minimum atomic E-state index is -0.584. The number of hydrogen-bond acceptors (Lipinski definition) is 5. The van der Waals surface area contributed by atoms with E-state index in [-0.39, 0.29) is 31.0 Å². The molecule has 7 nitrogen and oxygen atoms in total. The second kappa shape index (κ2) is 8.59. The van der Waals surface area contributed by atoms with Gasteiger partial charge in [-0.3, -0.25) is 9.59 Å². The Hall–Kier alpha value is -1.99. The van der Waals surface area contributed by atoms with Crippen LogP contribution in [-0.4, -0.2) is 38.1 Å². The van der Waals surface area contributed by atoms with Crippen LogP contribution in [0.2, 0.25) is 0 Å². The smallest absolute Gasteiger partial charge is 0.255 e. The predicted octanol–water partition coefficient (Wildman–Crippen LogP) is 0.448. The van der Waals surface area contributed by atoms with Crippen molar-refractivity contribution in [1.29, 1.82) is 0 Å². The first-order valence-corrected chi connectivity index (χ1v) is 7.15. The van der Waals surface area contributed by atoms with Crippen LogP contribution in [0.5, 0.6) is 11.5 Å². The molecule has 1 unspecified atom stereocenters. The molecule has 1 aromatic rings. The topological polar surface area (TPSA) is 117 Å². The van der Waals surface area contributed by atoms with Gasteiger partial charge in [0.05, 0.1) is 7.11 Å². The van der Waals surface area contributed by atoms with Crippen molar-refractivity contribution in [1.82, 2.24) is 5.32 Å². The number of nitrogens with one attached hydrogen (secondary N) is 1. The molecule has 128 valence electrons. The van der Waals surface area contributed by atoms with Crippen LogP contribution in [0.4, 0.5) is 0 Å². The molecule has 1 aliphatic rings. The summed E-state index contributed by atoms with van der Waals surface area (Å²) in [4.78, 5) is 23.0. The van der Waals surface area contributed by atoms with E-state index in [1.807, 2.05) is 0 Å². The number of hydrogen-bond donors (Lipinski definition) is 3. The SMILES string of the molecule is COc1cc(C(=O)NC(CN)C2CC2)ccc1OCC(N)=O.Cl. The van der Waals surface area contributed by atoms with E-state index in [1.165, 1.54) is 7.11 Å². The Balaban J connectivity index is 0.00000264. The molecule has 8 heteroatoms. The quantitative estimate of drug-likeness (QED) is 0.633. The van der Waals surface area contributed by atoms with Gasteiger partial charge in [0.2, 0.25) is 0 Å². The van der Waals surface area contributed by atoms with E-state index < -0.39 is 5.91 Å². The molecule has 5 N–H and O–H groups in total. The Morgan fingerprint density at radius 2 is 2.04 bits per heavy atom. The van der Waals surface area contributed by atoms with Crippen molar-refractivity contribution in [3.63, 3.8) is 0 Å². The third kappa shape index (κ3) is 5.30. The fourth-order valence-electron chi connectivity index (χ4n) is 2.20. The monoisotopic (exact) mass is 343 g/mol. The molecule has 1 aromatic carbocycles. The van der Waals surface area contributed by atoms with Gasteiger partial charge >= 0.3 is 0 Å². The highest BCUT2D eigenvalue weighted by molar-refractivity contribution is 5.95. The van der Waals surface area contributed by atoms with Gasteiger partial charge in [0.1, 0.15) is 0 Å². The molecular weight excluding hydrogens is 322 g/mol. The fourth-order valence-corrected chi connectivity index (χ4v) is 2.20. The molecule has 0 heterocycles. The maximum atomic E-state index is 12.3. The summed E-state index contributed by atoms with van der Waals surface area (Å²) in [6, 6.07) is 4.75. The zero-order valence-corrected chi connectivity index (χ0v) is 13.7. The van der Waals surface area contributed by atoms with E-state index in [2.05, 4.69) is 5.32 Å². The predicted molar refractivity (Wildman–Crippen MR) is 88.0 cm³/mol. The zero-order chi connectivity index (χ0) is 16.1. The van der Waals surface area contributed by atoms with Crippen LogP contribution in [0.3, 0.4) is 0 Å². The van der Waals surface area contributed by atoms with Gasteiger partial charge in [0.15, 0.2) is 18.1 Å². The lowest BCUT2D eigenvalue weighted by Crippen LogP contribution is -2.41. The molecule has 1 saturated carbocycles. The Labute approximate surface area is 141 Å². The van der Waals surface area contributed by atoms with Crippen molar-refractivity contribution in [2.24, 2.45) is 17.4 Å². The normalized spacial score (nSPS) is 14.3. The van der Waals surface area contributed by atoms with Crippen LogP contribution in [0.1, 0.15) is 23.2 Å². The van der Waals surface area contributed by atoms with Crippen LogP contribution in [-0.2, 0) is 4.79 Å². The average Bonchev–Trinajstić information content (AvgIpc) is 3.34. The third-order valence-corrected chi connectivity index (χ3v) is 3.56. The third-order valence-electron chi connectivity index (χ3n) is 3.56. The molecule has 0 aliphatic heterocycles. The van der Waals surface area contributed by atoms with E-state index in [9.17, 15) is 9.59 Å². The summed E-state index contributed by atoms with van der Waals surface area (Å²) < 4.78 is 10.4. The summed E-state index contributed by atoms with van der Waals surface area (Å²) >= 11 is 0. The molecule has 2 rings (SSSR count). The lowest BCUT2D eigenvalue weighted by Gasteiger charge is -2.17. The fraction of sp³-hybridized carbons (Fsp3) is 0.467. The standard InChI is InChI=1S/C15H21N3O4.ClH/c1-21-13-6-10(4-5-12(13)22-8-14(17)19)15(20)18-11(7-16)9-2-3-9;/h4-6,9,11H,2-3,7-8,16H2,1H3,(H2,17,19)(H,18,20);1H. The van der Waals surface area contributed by atoms with Gasteiger partial charge < -0.3 is 26.3 Å². The number of ether oxygens (including phenoxy) is 2. The van der Waals surface area contributed by atoms with Gasteiger partial charge in [0.25, 0.3) is 11.8 Å². The second-order valence-corrected chi connectivity index (χ2v) is 5.27. The first-order valence-electron chi connectivity index (χ1n) is 7.15. The number of halogens is 1. The highest BCUT2D eigenvalue weighted by Gasteiger charge is 2.31. The molecule has 1 fully saturated rings. The van der Waals surface area contributed by atoms with Crippen LogP contribution in [0.15, 0.2) is 18.2 Å². The molecular formula is C15H22ClN3O4. The average molecular weight is 344 g/mol. The first kappa shape index (κ1) is 19.1. The van der Waals surface area contributed by atoms with Gasteiger partial charge in [-0.25, -0.2) is 0 Å². The van der Waals surface area contributed by atoms with Crippen molar-refractivity contribution < 1.29 is 19.1 Å². The zero-order valence-electron chi connectivity index (χ0n) is 12.9. The Kier molecular flexibility index (Phi) is 7.12. The van der Waals surface area contributed by atoms with Gasteiger partial charge in [-0.05, 0) is 37.0 Å². The molecule has 0 bridgehead atoms. The lowest BCUT2D eigenvalue weighted by atomic mass is 10.1. The highest BCUT2D eigenvalue weighted by atomic mass is 35.5. The molecule has 1 atom stereocenters. The second-order valence-electron chi connectivity index (χ2n) is 5.27. The number of carbonyl (C=O) groups is 2. The summed E-state index contributed by atoms with van der Waals surface area (Å²) in [6.07, 6.45) is 2.21. The van der Waals surface area contributed by atoms with E-state index in [0.717, 1.165) is 12.8 Å². The first-order chi connectivity index (χ1) is 10.5. The van der Waals surface area contributed by atoms with Crippen molar-refractivity contribution >= 4 is 24.2 Å². The molecule has 0 saturated heterocycles. The molecule has 23 heavy (non-hydrogen) atoms. The van der Waals surface area contributed by atoms with Crippen molar-refractivity contribution in [3.05, 3.63) is 23.8 Å². The maximum absolute atomic E-state index is 12.3. The van der Waals surface area contributed by atoms with Gasteiger partial charge in [-0.2, -0.15) is 0 Å². The minimum absolute atomic E-state index is 0. The number of amides is 2. The van der Waals surface area contributed by atoms with Crippen LogP contribution >= 0.6 is 12.4 Å². The molecule has 0 radical (unpaired) electrons. The number of nitrogens with two attached hydrogens (primary N) is 2. The Morgan fingerprint density at radius 3 is 2.57 bits per heavy atom. The van der Waals surface area contributed by atoms with Gasteiger partial charge in [0, 0.05) is 18.2 Å². The summed E-state index contributed by atoms with van der Waals surface area (Å²) in [5.74, 6) is 0.412. The lowest BCUT2D eigenvalue weighted by molar-refractivity contribution is -0.119. The van der Waals surface area contributed by atoms with Crippen LogP contribution in [0, 0.1) is 5.92 Å². The minimum Gasteiger partial charge on any atom is -0.493 e. The van der Waals surface area contributed by atoms with Crippen LogP contribution in [0.25, 0.3) is 0 Å². The van der Waals surface area contributed by atoms with E-state index in [4.69, 9.17) is 20.9 Å². The molecule has 2 amide bonds. The number of rotatable bonds is 8. The summed E-state index contributed by atoms with van der Waals surface area (Å²) in [7, 11) is 1.46. The number of carbonyl (C=O) groups excluding carboxylic acids is 2. The van der Waals surface area contributed by atoms with Crippen molar-refractivity contribution in [2.75, 3.05) is 20.3 Å². The number of benzene rings is 1. The van der Waals surface area contributed by atoms with Crippen LogP contribution < -0.4 is 26.3 Å². The molecule has 1 aliphatic carbocycles. The van der Waals surface area contributed by atoms with E-state index in [1.54, 1.807) is 18.2 Å². The summed E-state index contributed by atoms with van der Waals surface area (Å²) in [5, 5.41) is 2.93. The van der Waals surface area contributed by atoms with E-state index in [0.29, 0.717) is 29.5 Å². The van der Waals surface area contributed by atoms with E-state index >= 15 is 0 Å². The number of primary amides is 1. The highest BCUT2D eigenvalue weighted by Crippen LogP contribution is 2.32. The summed E-state index contributed by atoms with van der Waals surface area (Å²) in [5.41, 5.74) is 11.2. The Bertz CT molecular complexity index is 564. The Morgan fingerprint density at radius 1 is 1.35 bits per heavy atom. The van der Waals surface area contributed by atoms with Crippen molar-refractivity contribution in [2.45, 2.75) is 18.9 Å². The summed E-state index contributed by atoms with van der Waals surface area (Å²) in [6.45, 7) is 0.173. The largest absolute Gasteiger partial charge is 0.493 e. The van der Waals surface area contributed by atoms with Crippen molar-refractivity contribution in [3.8, 4) is 11.5 Å². The number of methoxy groups -OCH3 is 1. The van der Waals surface area contributed by atoms with Gasteiger partial charge in [-0.1, -0.05) is 0 Å². The molecule has 0 spiro atoms.